The first-order valence-corrected chi connectivity index (χ1v) is 11.2. The summed E-state index contributed by atoms with van der Waals surface area (Å²) in [5.74, 6) is 1.31. The van der Waals surface area contributed by atoms with E-state index in [0.717, 1.165) is 28.3 Å². The van der Waals surface area contributed by atoms with Gasteiger partial charge in [0.05, 0.1) is 17.3 Å². The lowest BCUT2D eigenvalue weighted by Crippen LogP contribution is -2.38. The van der Waals surface area contributed by atoms with Gasteiger partial charge < -0.3 is 9.15 Å². The van der Waals surface area contributed by atoms with Crippen LogP contribution >= 0.6 is 11.3 Å². The van der Waals surface area contributed by atoms with Gasteiger partial charge in [-0.05, 0) is 56.5 Å². The second kappa shape index (κ2) is 7.94. The Labute approximate surface area is 181 Å². The Kier molecular flexibility index (Phi) is 5.26. The number of hydrogen-bond donors (Lipinski definition) is 0. The fraction of sp³-hybridized carbons (Fsp3) is 0.455. The Morgan fingerprint density at radius 3 is 2.81 bits per heavy atom. The zero-order chi connectivity index (χ0) is 21.6. The molecule has 0 spiro atoms. The molecule has 9 heteroatoms. The maximum absolute atomic E-state index is 12.9. The van der Waals surface area contributed by atoms with Gasteiger partial charge in [-0.1, -0.05) is 18.3 Å². The van der Waals surface area contributed by atoms with Crippen molar-refractivity contribution >= 4 is 34.3 Å². The van der Waals surface area contributed by atoms with Gasteiger partial charge in [0.1, 0.15) is 17.1 Å². The van der Waals surface area contributed by atoms with Gasteiger partial charge in [-0.3, -0.25) is 4.90 Å². The number of aliphatic imine (C=N–C) groups is 1. The highest BCUT2D eigenvalue weighted by Gasteiger charge is 2.41. The van der Waals surface area contributed by atoms with E-state index in [1.54, 1.807) is 0 Å². The van der Waals surface area contributed by atoms with Crippen molar-refractivity contribution in [1.29, 1.82) is 0 Å². The number of halogens is 3. The lowest BCUT2D eigenvalue weighted by Gasteiger charge is -2.32. The van der Waals surface area contributed by atoms with Crippen molar-refractivity contribution in [2.45, 2.75) is 38.9 Å². The summed E-state index contributed by atoms with van der Waals surface area (Å²) in [6.45, 7) is 3.47. The molecule has 5 rings (SSSR count). The number of thiazole rings is 1. The molecule has 1 fully saturated rings. The van der Waals surface area contributed by atoms with Crippen LogP contribution in [-0.4, -0.2) is 35.4 Å². The van der Waals surface area contributed by atoms with Gasteiger partial charge in [-0.25, -0.2) is 4.99 Å². The normalized spacial score (nSPS) is 20.3. The molecule has 0 bridgehead atoms. The number of alkyl halides is 3. The summed E-state index contributed by atoms with van der Waals surface area (Å²) >= 11 is 1.51. The zero-order valence-electron chi connectivity index (χ0n) is 17.0. The summed E-state index contributed by atoms with van der Waals surface area (Å²) in [4.78, 5) is 12.0. The van der Waals surface area contributed by atoms with E-state index >= 15 is 0 Å². The van der Waals surface area contributed by atoms with E-state index in [1.165, 1.54) is 11.3 Å². The van der Waals surface area contributed by atoms with Crippen molar-refractivity contribution in [3.8, 4) is 10.9 Å². The van der Waals surface area contributed by atoms with E-state index < -0.39 is 12.1 Å². The number of rotatable bonds is 4. The van der Waals surface area contributed by atoms with Crippen LogP contribution < -0.4 is 4.74 Å². The number of likely N-dealkylation sites (tertiary alicyclic amines) is 1. The monoisotopic (exact) mass is 449 g/mol. The molecule has 2 aliphatic heterocycles. The number of aromatic nitrogens is 1. The van der Waals surface area contributed by atoms with Gasteiger partial charge in [0, 0.05) is 17.7 Å². The van der Waals surface area contributed by atoms with E-state index in [0.29, 0.717) is 42.1 Å². The summed E-state index contributed by atoms with van der Waals surface area (Å²) in [5.41, 5.74) is 0.686. The van der Waals surface area contributed by atoms with E-state index in [9.17, 15) is 13.2 Å². The third-order valence-electron chi connectivity index (χ3n) is 5.79. The standard InChI is InChI=1S/C22H22F3N3O2S/c1-13-8-19-20(26-11-13)27-21(31-19)30-16-3-2-14-9-17(29-18(14)10-16)12-28-6-4-15(5-7-28)22(23,24)25/h2-3,9-11,13,15H,4-8,12H2,1H3. The molecular formula is C22H22F3N3O2S. The molecule has 0 aliphatic carbocycles. The predicted molar refractivity (Wildman–Crippen MR) is 113 cm³/mol. The Morgan fingerprint density at radius 1 is 1.23 bits per heavy atom. The Morgan fingerprint density at radius 2 is 2.03 bits per heavy atom. The lowest BCUT2D eigenvalue weighted by atomic mass is 9.96. The van der Waals surface area contributed by atoms with Crippen LogP contribution in [0, 0.1) is 11.8 Å². The van der Waals surface area contributed by atoms with Crippen molar-refractivity contribution < 1.29 is 22.3 Å². The van der Waals surface area contributed by atoms with Gasteiger partial charge in [-0.2, -0.15) is 18.2 Å². The number of nitrogens with zero attached hydrogens (tertiary/aromatic N) is 3. The molecule has 3 aromatic rings. The summed E-state index contributed by atoms with van der Waals surface area (Å²) in [5, 5.41) is 1.49. The van der Waals surface area contributed by atoms with E-state index in [4.69, 9.17) is 9.15 Å². The average Bonchev–Trinajstić information content (AvgIpc) is 3.29. The van der Waals surface area contributed by atoms with Crippen LogP contribution in [0.2, 0.25) is 0 Å². The van der Waals surface area contributed by atoms with Gasteiger partial charge in [0.15, 0.2) is 5.82 Å². The van der Waals surface area contributed by atoms with E-state index in [-0.39, 0.29) is 12.8 Å². The minimum Gasteiger partial charge on any atom is -0.460 e. The molecule has 5 nitrogen and oxygen atoms in total. The van der Waals surface area contributed by atoms with Crippen LogP contribution in [0.1, 0.15) is 30.4 Å². The Hall–Kier alpha value is -2.39. The van der Waals surface area contributed by atoms with Crippen LogP contribution in [0.15, 0.2) is 33.7 Å². The quantitative estimate of drug-likeness (QED) is 0.466. The van der Waals surface area contributed by atoms with Crippen LogP contribution in [0.3, 0.4) is 0 Å². The molecule has 0 saturated carbocycles. The summed E-state index contributed by atoms with van der Waals surface area (Å²) in [7, 11) is 0. The maximum Gasteiger partial charge on any atom is 0.391 e. The SMILES string of the molecule is CC1C=Nc2nc(Oc3ccc4cc(CN5CCC(C(F)(F)F)CC5)oc4c3)sc2C1. The molecule has 164 valence electrons. The molecule has 0 radical (unpaired) electrons. The van der Waals surface area contributed by atoms with Gasteiger partial charge in [-0.15, -0.1) is 0 Å². The number of hydrogen-bond acceptors (Lipinski definition) is 6. The topological polar surface area (TPSA) is 50.9 Å². The smallest absolute Gasteiger partial charge is 0.391 e. The molecule has 4 heterocycles. The highest BCUT2D eigenvalue weighted by Crippen LogP contribution is 2.38. The number of benzene rings is 1. The summed E-state index contributed by atoms with van der Waals surface area (Å²) in [6, 6.07) is 7.54. The fourth-order valence-electron chi connectivity index (χ4n) is 4.09. The Bertz CT molecular complexity index is 1110. The minimum absolute atomic E-state index is 0.141. The average molecular weight is 449 g/mol. The number of ether oxygens (including phenoxy) is 1. The van der Waals surface area contributed by atoms with Gasteiger partial charge >= 0.3 is 6.18 Å². The van der Waals surface area contributed by atoms with Crippen LogP contribution in [0.25, 0.3) is 11.0 Å². The van der Waals surface area contributed by atoms with Crippen LogP contribution in [0.4, 0.5) is 19.0 Å². The third kappa shape index (κ3) is 4.48. The summed E-state index contributed by atoms with van der Waals surface area (Å²) < 4.78 is 50.4. The largest absolute Gasteiger partial charge is 0.460 e. The molecule has 0 amide bonds. The molecule has 31 heavy (non-hydrogen) atoms. The summed E-state index contributed by atoms with van der Waals surface area (Å²) in [6.07, 6.45) is -0.984. The predicted octanol–water partition coefficient (Wildman–Crippen LogP) is 6.35. The Balaban J connectivity index is 1.25. The van der Waals surface area contributed by atoms with Crippen molar-refractivity contribution in [3.05, 3.63) is 34.9 Å². The third-order valence-corrected chi connectivity index (χ3v) is 6.74. The van der Waals surface area contributed by atoms with Crippen molar-refractivity contribution in [3.63, 3.8) is 0 Å². The first kappa shape index (κ1) is 20.5. The number of fused-ring (bicyclic) bond motifs is 2. The minimum atomic E-state index is -4.09. The van der Waals surface area contributed by atoms with Crippen LogP contribution in [-0.2, 0) is 13.0 Å². The molecule has 2 aliphatic rings. The molecule has 1 atom stereocenters. The fourth-order valence-corrected chi connectivity index (χ4v) is 5.11. The first-order chi connectivity index (χ1) is 14.8. The molecule has 2 aromatic heterocycles. The molecule has 1 aromatic carbocycles. The van der Waals surface area contributed by atoms with E-state index in [2.05, 4.69) is 16.9 Å². The van der Waals surface area contributed by atoms with Crippen LogP contribution in [0.5, 0.6) is 10.9 Å². The zero-order valence-corrected chi connectivity index (χ0v) is 17.8. The number of furan rings is 1. The highest BCUT2D eigenvalue weighted by atomic mass is 32.1. The second-order valence-electron chi connectivity index (χ2n) is 8.29. The maximum atomic E-state index is 12.9. The molecule has 0 N–H and O–H groups in total. The highest BCUT2D eigenvalue weighted by molar-refractivity contribution is 7.13. The van der Waals surface area contributed by atoms with Gasteiger partial charge in [0.25, 0.3) is 5.19 Å². The number of piperidine rings is 1. The molecule has 1 saturated heterocycles. The second-order valence-corrected chi connectivity index (χ2v) is 9.34. The van der Waals surface area contributed by atoms with Crippen molar-refractivity contribution in [2.75, 3.05) is 13.1 Å². The molecular weight excluding hydrogens is 427 g/mol. The lowest BCUT2D eigenvalue weighted by molar-refractivity contribution is -0.185. The van der Waals surface area contributed by atoms with Crippen molar-refractivity contribution in [1.82, 2.24) is 9.88 Å². The first-order valence-electron chi connectivity index (χ1n) is 10.4. The van der Waals surface area contributed by atoms with Crippen molar-refractivity contribution in [2.24, 2.45) is 16.8 Å². The van der Waals surface area contributed by atoms with Gasteiger partial charge in [0.2, 0.25) is 0 Å². The molecule has 1 unspecified atom stereocenters. The van der Waals surface area contributed by atoms with E-state index in [1.807, 2.05) is 35.4 Å².